The van der Waals surface area contributed by atoms with Gasteiger partial charge in [-0.15, -0.1) is 0 Å². The van der Waals surface area contributed by atoms with Crippen LogP contribution >= 0.6 is 11.6 Å². The van der Waals surface area contributed by atoms with Gasteiger partial charge in [0.15, 0.2) is 0 Å². The minimum absolute atomic E-state index is 0.578. The van der Waals surface area contributed by atoms with Crippen molar-refractivity contribution in [1.29, 1.82) is 0 Å². The van der Waals surface area contributed by atoms with E-state index in [1.54, 1.807) is 0 Å². The van der Waals surface area contributed by atoms with Gasteiger partial charge in [-0.3, -0.25) is 4.90 Å². The molecule has 0 radical (unpaired) electrons. The third-order valence-electron chi connectivity index (χ3n) is 3.26. The van der Waals surface area contributed by atoms with Gasteiger partial charge in [0, 0.05) is 19.3 Å². The molecule has 1 unspecified atom stereocenters. The smallest absolute Gasteiger partial charge is 0.129 e. The highest BCUT2D eigenvalue weighted by Crippen LogP contribution is 2.22. The monoisotopic (exact) mass is 238 g/mol. The maximum absolute atomic E-state index is 5.77. The predicted molar refractivity (Wildman–Crippen MR) is 67.5 cm³/mol. The quantitative estimate of drug-likeness (QED) is 0.748. The second kappa shape index (κ2) is 5.65. The Morgan fingerprint density at radius 2 is 2.38 bits per heavy atom. The summed E-state index contributed by atoms with van der Waals surface area (Å²) in [6.07, 6.45) is 5.92. The van der Waals surface area contributed by atoms with Crippen LogP contribution in [0.15, 0.2) is 18.3 Å². The van der Waals surface area contributed by atoms with Gasteiger partial charge in [-0.2, -0.15) is 0 Å². The van der Waals surface area contributed by atoms with Crippen molar-refractivity contribution in [2.45, 2.75) is 32.7 Å². The highest BCUT2D eigenvalue weighted by molar-refractivity contribution is 6.29. The second-order valence-corrected chi connectivity index (χ2v) is 5.05. The topological polar surface area (TPSA) is 16.1 Å². The number of halogens is 1. The lowest BCUT2D eigenvalue weighted by atomic mass is 10.0. The molecule has 0 amide bonds. The molecular weight excluding hydrogens is 220 g/mol. The third kappa shape index (κ3) is 3.19. The SMILES string of the molecule is CCCC1CCN(Cc2ccc(Cl)nc2)C1. The molecule has 88 valence electrons. The van der Waals surface area contributed by atoms with Crippen LogP contribution in [0.25, 0.3) is 0 Å². The minimum atomic E-state index is 0.578. The molecule has 1 aromatic heterocycles. The van der Waals surface area contributed by atoms with Crippen LogP contribution in [0.4, 0.5) is 0 Å². The van der Waals surface area contributed by atoms with Gasteiger partial charge >= 0.3 is 0 Å². The van der Waals surface area contributed by atoms with Gasteiger partial charge < -0.3 is 0 Å². The highest BCUT2D eigenvalue weighted by atomic mass is 35.5. The van der Waals surface area contributed by atoms with Crippen LogP contribution in [0.3, 0.4) is 0 Å². The summed E-state index contributed by atoms with van der Waals surface area (Å²) in [6.45, 7) is 5.76. The molecular formula is C13H19ClN2. The lowest BCUT2D eigenvalue weighted by molar-refractivity contribution is 0.312. The number of likely N-dealkylation sites (tertiary alicyclic amines) is 1. The first-order chi connectivity index (χ1) is 7.78. The molecule has 1 fully saturated rings. The van der Waals surface area contributed by atoms with Crippen LogP contribution in [0, 0.1) is 5.92 Å². The lowest BCUT2D eigenvalue weighted by Gasteiger charge is -2.15. The maximum Gasteiger partial charge on any atom is 0.129 e. The summed E-state index contributed by atoms with van der Waals surface area (Å²) in [7, 11) is 0. The molecule has 0 saturated carbocycles. The predicted octanol–water partition coefficient (Wildman–Crippen LogP) is 3.36. The summed E-state index contributed by atoms with van der Waals surface area (Å²) in [5.41, 5.74) is 1.27. The van der Waals surface area contributed by atoms with Crippen LogP contribution in [0.5, 0.6) is 0 Å². The Morgan fingerprint density at radius 1 is 1.50 bits per heavy atom. The first-order valence-electron chi connectivity index (χ1n) is 6.10. The molecule has 1 saturated heterocycles. The average molecular weight is 239 g/mol. The first kappa shape index (κ1) is 11.9. The number of nitrogens with zero attached hydrogens (tertiary/aromatic N) is 2. The summed E-state index contributed by atoms with van der Waals surface area (Å²) in [6, 6.07) is 3.94. The molecule has 1 aromatic rings. The van der Waals surface area contributed by atoms with E-state index in [0.29, 0.717) is 5.15 Å². The van der Waals surface area contributed by atoms with Crippen molar-refractivity contribution in [3.05, 3.63) is 29.0 Å². The van der Waals surface area contributed by atoms with Crippen molar-refractivity contribution >= 4 is 11.6 Å². The molecule has 0 spiro atoms. The average Bonchev–Trinajstić information content (AvgIpc) is 2.70. The molecule has 1 aliphatic rings. The van der Waals surface area contributed by atoms with E-state index < -0.39 is 0 Å². The van der Waals surface area contributed by atoms with Crippen molar-refractivity contribution in [2.75, 3.05) is 13.1 Å². The molecule has 2 nitrogen and oxygen atoms in total. The fourth-order valence-corrected chi connectivity index (χ4v) is 2.57. The Labute approximate surface area is 103 Å². The van der Waals surface area contributed by atoms with Gasteiger partial charge in [0.25, 0.3) is 0 Å². The molecule has 3 heteroatoms. The zero-order chi connectivity index (χ0) is 11.4. The van der Waals surface area contributed by atoms with Gasteiger partial charge in [-0.05, 0) is 36.9 Å². The maximum atomic E-state index is 5.77. The lowest BCUT2D eigenvalue weighted by Crippen LogP contribution is -2.20. The molecule has 1 aliphatic heterocycles. The van der Waals surface area contributed by atoms with Crippen LogP contribution in [-0.2, 0) is 6.54 Å². The fraction of sp³-hybridized carbons (Fsp3) is 0.615. The molecule has 1 atom stereocenters. The summed E-state index contributed by atoms with van der Waals surface area (Å²) in [4.78, 5) is 6.63. The zero-order valence-electron chi connectivity index (χ0n) is 9.82. The number of rotatable bonds is 4. The van der Waals surface area contributed by atoms with Crippen LogP contribution < -0.4 is 0 Å². The number of aromatic nitrogens is 1. The van der Waals surface area contributed by atoms with Gasteiger partial charge in [-0.25, -0.2) is 4.98 Å². The second-order valence-electron chi connectivity index (χ2n) is 4.67. The summed E-state index contributed by atoms with van der Waals surface area (Å²) >= 11 is 5.77. The van der Waals surface area contributed by atoms with Crippen LogP contribution in [-0.4, -0.2) is 23.0 Å². The van der Waals surface area contributed by atoms with Gasteiger partial charge in [0.1, 0.15) is 5.15 Å². The van der Waals surface area contributed by atoms with Crippen molar-refractivity contribution in [2.24, 2.45) is 5.92 Å². The molecule has 16 heavy (non-hydrogen) atoms. The van der Waals surface area contributed by atoms with Crippen molar-refractivity contribution in [3.63, 3.8) is 0 Å². The van der Waals surface area contributed by atoms with E-state index in [9.17, 15) is 0 Å². The minimum Gasteiger partial charge on any atom is -0.299 e. The van der Waals surface area contributed by atoms with Gasteiger partial charge in [0.2, 0.25) is 0 Å². The Bertz CT molecular complexity index is 323. The highest BCUT2D eigenvalue weighted by Gasteiger charge is 2.21. The van der Waals surface area contributed by atoms with Crippen molar-refractivity contribution in [1.82, 2.24) is 9.88 Å². The Morgan fingerprint density at radius 3 is 3.06 bits per heavy atom. The number of hydrogen-bond acceptors (Lipinski definition) is 2. The van der Waals surface area contributed by atoms with E-state index in [0.717, 1.165) is 12.5 Å². The summed E-state index contributed by atoms with van der Waals surface area (Å²) < 4.78 is 0. The van der Waals surface area contributed by atoms with Crippen LogP contribution in [0.2, 0.25) is 5.15 Å². The Balaban J connectivity index is 1.84. The van der Waals surface area contributed by atoms with E-state index in [1.807, 2.05) is 12.3 Å². The molecule has 0 bridgehead atoms. The summed E-state index contributed by atoms with van der Waals surface area (Å²) in [5, 5.41) is 0.578. The molecule has 2 heterocycles. The third-order valence-corrected chi connectivity index (χ3v) is 3.49. The molecule has 0 N–H and O–H groups in total. The first-order valence-corrected chi connectivity index (χ1v) is 6.48. The van der Waals surface area contributed by atoms with Crippen molar-refractivity contribution in [3.8, 4) is 0 Å². The van der Waals surface area contributed by atoms with E-state index >= 15 is 0 Å². The number of hydrogen-bond donors (Lipinski definition) is 0. The van der Waals surface area contributed by atoms with Crippen LogP contribution in [0.1, 0.15) is 31.7 Å². The summed E-state index contributed by atoms with van der Waals surface area (Å²) in [5.74, 6) is 0.908. The zero-order valence-corrected chi connectivity index (χ0v) is 10.6. The van der Waals surface area contributed by atoms with Gasteiger partial charge in [0.05, 0.1) is 0 Å². The van der Waals surface area contributed by atoms with E-state index in [-0.39, 0.29) is 0 Å². The molecule has 2 rings (SSSR count). The normalized spacial score (nSPS) is 21.5. The van der Waals surface area contributed by atoms with Crippen molar-refractivity contribution < 1.29 is 0 Å². The Hall–Kier alpha value is -0.600. The largest absolute Gasteiger partial charge is 0.299 e. The standard InChI is InChI=1S/C13H19ClN2/c1-2-3-11-6-7-16(9-11)10-12-4-5-13(14)15-8-12/h4-5,8,11H,2-3,6-7,9-10H2,1H3. The van der Waals surface area contributed by atoms with Gasteiger partial charge in [-0.1, -0.05) is 31.0 Å². The van der Waals surface area contributed by atoms with E-state index in [1.165, 1.54) is 37.9 Å². The number of pyridine rings is 1. The van der Waals surface area contributed by atoms with E-state index in [4.69, 9.17) is 11.6 Å². The fourth-order valence-electron chi connectivity index (χ4n) is 2.46. The Kier molecular flexibility index (Phi) is 4.19. The van der Waals surface area contributed by atoms with E-state index in [2.05, 4.69) is 22.9 Å². The molecule has 0 aromatic carbocycles. The molecule has 0 aliphatic carbocycles.